The normalized spacial score (nSPS) is 16.3. The van der Waals surface area contributed by atoms with E-state index >= 15 is 0 Å². The average Bonchev–Trinajstić information content (AvgIpc) is 3.16. The Balaban J connectivity index is 1.42. The molecular formula is C23H31N5O3. The fourth-order valence-electron chi connectivity index (χ4n) is 4.05. The third kappa shape index (κ3) is 4.84. The summed E-state index contributed by atoms with van der Waals surface area (Å²) in [6.45, 7) is 10.1. The van der Waals surface area contributed by atoms with Crippen molar-refractivity contribution in [3.05, 3.63) is 41.7 Å². The second kappa shape index (κ2) is 8.61. The lowest BCUT2D eigenvalue weighted by molar-refractivity contribution is 0.0240. The Morgan fingerprint density at radius 2 is 1.68 bits per heavy atom. The van der Waals surface area contributed by atoms with E-state index in [0.717, 1.165) is 50.0 Å². The van der Waals surface area contributed by atoms with Crippen LogP contribution in [0.15, 0.2) is 30.6 Å². The molecule has 8 nitrogen and oxygen atoms in total. The van der Waals surface area contributed by atoms with E-state index in [1.165, 1.54) is 11.1 Å². The van der Waals surface area contributed by atoms with Crippen LogP contribution in [0, 0.1) is 0 Å². The number of carbonyl (C=O) groups is 1. The number of benzene rings is 1. The van der Waals surface area contributed by atoms with Crippen LogP contribution in [0.25, 0.3) is 0 Å². The predicted octanol–water partition coefficient (Wildman–Crippen LogP) is 3.11. The van der Waals surface area contributed by atoms with Gasteiger partial charge in [-0.3, -0.25) is 0 Å². The van der Waals surface area contributed by atoms with Crippen LogP contribution >= 0.6 is 0 Å². The van der Waals surface area contributed by atoms with E-state index in [9.17, 15) is 4.79 Å². The number of aromatic nitrogens is 2. The molecule has 1 saturated heterocycles. The number of carbonyl (C=O) groups excluding carboxylic acids is 1. The highest BCUT2D eigenvalue weighted by Gasteiger charge is 2.30. The minimum Gasteiger partial charge on any atom is -0.497 e. The first-order chi connectivity index (χ1) is 14.8. The Kier molecular flexibility index (Phi) is 5.89. The van der Waals surface area contributed by atoms with Gasteiger partial charge in [0.2, 0.25) is 0 Å². The summed E-state index contributed by atoms with van der Waals surface area (Å²) in [4.78, 5) is 27.9. The Hall–Kier alpha value is -3.03. The summed E-state index contributed by atoms with van der Waals surface area (Å²) in [6.07, 6.45) is 2.33. The molecule has 2 aromatic rings. The Bertz CT molecular complexity index is 918. The van der Waals surface area contributed by atoms with Gasteiger partial charge in [-0.05, 0) is 44.9 Å². The number of anilines is 2. The van der Waals surface area contributed by atoms with Crippen molar-refractivity contribution in [2.45, 2.75) is 39.3 Å². The number of ether oxygens (including phenoxy) is 2. The minimum absolute atomic E-state index is 0.245. The molecular weight excluding hydrogens is 394 g/mol. The molecule has 4 rings (SSSR count). The quantitative estimate of drug-likeness (QED) is 0.745. The SMILES string of the molecule is COc1ccc(CN2CCc3c(N4CCN(C(=O)OC(C)(C)C)CC4)ncnc32)cc1. The maximum Gasteiger partial charge on any atom is 0.410 e. The first kappa shape index (κ1) is 21.2. The zero-order chi connectivity index (χ0) is 22.0. The first-order valence-corrected chi connectivity index (χ1v) is 10.8. The first-order valence-electron chi connectivity index (χ1n) is 10.8. The maximum atomic E-state index is 12.3. The standard InChI is InChI=1S/C23H31N5O3/c1-23(2,3)31-22(29)27-13-11-26(12-14-27)20-19-9-10-28(21(19)25-16-24-20)15-17-5-7-18(30-4)8-6-17/h5-8,16H,9-15H2,1-4H3. The number of fused-ring (bicyclic) bond motifs is 1. The lowest BCUT2D eigenvalue weighted by atomic mass is 10.2. The highest BCUT2D eigenvalue weighted by Crippen LogP contribution is 2.33. The van der Waals surface area contributed by atoms with Gasteiger partial charge in [-0.15, -0.1) is 0 Å². The molecule has 166 valence electrons. The highest BCUT2D eigenvalue weighted by atomic mass is 16.6. The van der Waals surface area contributed by atoms with Crippen LogP contribution in [-0.4, -0.2) is 66.4 Å². The van der Waals surface area contributed by atoms with E-state index < -0.39 is 5.60 Å². The largest absolute Gasteiger partial charge is 0.497 e. The van der Waals surface area contributed by atoms with Crippen LogP contribution in [0.3, 0.4) is 0 Å². The van der Waals surface area contributed by atoms with E-state index in [4.69, 9.17) is 9.47 Å². The molecule has 1 aromatic heterocycles. The van der Waals surface area contributed by atoms with Crippen LogP contribution < -0.4 is 14.5 Å². The van der Waals surface area contributed by atoms with Crippen molar-refractivity contribution in [3.63, 3.8) is 0 Å². The van der Waals surface area contributed by atoms with Crippen molar-refractivity contribution in [3.8, 4) is 5.75 Å². The van der Waals surface area contributed by atoms with Crippen molar-refractivity contribution in [2.75, 3.05) is 49.6 Å². The van der Waals surface area contributed by atoms with E-state index in [1.807, 2.05) is 32.9 Å². The summed E-state index contributed by atoms with van der Waals surface area (Å²) in [5.41, 5.74) is 1.94. The highest BCUT2D eigenvalue weighted by molar-refractivity contribution is 5.69. The number of hydrogen-bond donors (Lipinski definition) is 0. The van der Waals surface area contributed by atoms with Crippen LogP contribution in [0.5, 0.6) is 5.75 Å². The maximum absolute atomic E-state index is 12.3. The van der Waals surface area contributed by atoms with E-state index in [2.05, 4.69) is 31.9 Å². The molecule has 31 heavy (non-hydrogen) atoms. The molecule has 0 aliphatic carbocycles. The summed E-state index contributed by atoms with van der Waals surface area (Å²) >= 11 is 0. The summed E-state index contributed by atoms with van der Waals surface area (Å²) in [5.74, 6) is 2.86. The molecule has 0 spiro atoms. The fraction of sp³-hybridized carbons (Fsp3) is 0.522. The average molecular weight is 426 g/mol. The zero-order valence-corrected chi connectivity index (χ0v) is 18.8. The van der Waals surface area contributed by atoms with E-state index in [0.29, 0.717) is 13.1 Å². The molecule has 0 saturated carbocycles. The molecule has 0 unspecified atom stereocenters. The van der Waals surface area contributed by atoms with Gasteiger partial charge in [0.1, 0.15) is 29.3 Å². The van der Waals surface area contributed by atoms with Crippen LogP contribution in [0.2, 0.25) is 0 Å². The van der Waals surface area contributed by atoms with Crippen molar-refractivity contribution in [1.29, 1.82) is 0 Å². The van der Waals surface area contributed by atoms with Gasteiger partial charge < -0.3 is 24.2 Å². The second-order valence-electron chi connectivity index (χ2n) is 8.97. The van der Waals surface area contributed by atoms with Gasteiger partial charge in [-0.1, -0.05) is 12.1 Å². The smallest absolute Gasteiger partial charge is 0.410 e. The van der Waals surface area contributed by atoms with Crippen LogP contribution in [-0.2, 0) is 17.7 Å². The summed E-state index contributed by atoms with van der Waals surface area (Å²) in [5, 5.41) is 0. The van der Waals surface area contributed by atoms with Gasteiger partial charge in [0.05, 0.1) is 7.11 Å². The summed E-state index contributed by atoms with van der Waals surface area (Å²) < 4.78 is 10.8. The molecule has 3 heterocycles. The van der Waals surface area contributed by atoms with Crippen LogP contribution in [0.1, 0.15) is 31.9 Å². The number of rotatable bonds is 4. The fourth-order valence-corrected chi connectivity index (χ4v) is 4.05. The summed E-state index contributed by atoms with van der Waals surface area (Å²) in [7, 11) is 1.68. The number of amides is 1. The second-order valence-corrected chi connectivity index (χ2v) is 8.97. The van der Waals surface area contributed by atoms with Crippen molar-refractivity contribution in [2.24, 2.45) is 0 Å². The Morgan fingerprint density at radius 3 is 2.32 bits per heavy atom. The van der Waals surface area contributed by atoms with E-state index in [-0.39, 0.29) is 6.09 Å². The number of hydrogen-bond acceptors (Lipinski definition) is 7. The third-order valence-corrected chi connectivity index (χ3v) is 5.59. The molecule has 1 amide bonds. The predicted molar refractivity (Wildman–Crippen MR) is 120 cm³/mol. The lowest BCUT2D eigenvalue weighted by Crippen LogP contribution is -2.50. The number of nitrogens with zero attached hydrogens (tertiary/aromatic N) is 5. The Labute approximate surface area is 183 Å². The molecule has 0 N–H and O–H groups in total. The molecule has 0 bridgehead atoms. The number of piperazine rings is 1. The van der Waals surface area contributed by atoms with Gasteiger partial charge in [-0.25, -0.2) is 14.8 Å². The van der Waals surface area contributed by atoms with Gasteiger partial charge in [0.15, 0.2) is 0 Å². The molecule has 2 aliphatic rings. The minimum atomic E-state index is -0.477. The molecule has 8 heteroatoms. The van der Waals surface area contributed by atoms with Crippen LogP contribution in [0.4, 0.5) is 16.4 Å². The van der Waals surface area contributed by atoms with Gasteiger partial charge >= 0.3 is 6.09 Å². The van der Waals surface area contributed by atoms with Crippen molar-refractivity contribution in [1.82, 2.24) is 14.9 Å². The van der Waals surface area contributed by atoms with Crippen molar-refractivity contribution < 1.29 is 14.3 Å². The third-order valence-electron chi connectivity index (χ3n) is 5.59. The van der Waals surface area contributed by atoms with Crippen molar-refractivity contribution >= 4 is 17.7 Å². The zero-order valence-electron chi connectivity index (χ0n) is 18.8. The molecule has 0 atom stereocenters. The van der Waals surface area contributed by atoms with Gasteiger partial charge in [-0.2, -0.15) is 0 Å². The Morgan fingerprint density at radius 1 is 1.00 bits per heavy atom. The van der Waals surface area contributed by atoms with E-state index in [1.54, 1.807) is 18.3 Å². The number of methoxy groups -OCH3 is 1. The van der Waals surface area contributed by atoms with Gasteiger partial charge in [0.25, 0.3) is 0 Å². The molecule has 2 aliphatic heterocycles. The summed E-state index contributed by atoms with van der Waals surface area (Å²) in [6, 6.07) is 8.16. The molecule has 1 aromatic carbocycles. The van der Waals surface area contributed by atoms with Gasteiger partial charge in [0, 0.05) is 44.8 Å². The topological polar surface area (TPSA) is 71.0 Å². The monoisotopic (exact) mass is 425 g/mol. The molecule has 0 radical (unpaired) electrons. The molecule has 1 fully saturated rings. The lowest BCUT2D eigenvalue weighted by Gasteiger charge is -2.36.